The quantitative estimate of drug-likeness (QED) is 0.733. The first-order valence-corrected chi connectivity index (χ1v) is 8.55. The van der Waals surface area contributed by atoms with Crippen molar-refractivity contribution >= 4 is 5.97 Å². The Morgan fingerprint density at radius 2 is 2.05 bits per heavy atom. The van der Waals surface area contributed by atoms with Crippen LogP contribution in [0.15, 0.2) is 0 Å². The molecule has 0 spiro atoms. The molecule has 1 N–H and O–H groups in total. The van der Waals surface area contributed by atoms with Crippen molar-refractivity contribution in [2.24, 2.45) is 11.3 Å². The molecule has 2 aliphatic rings. The Bertz CT molecular complexity index is 347. The first kappa shape index (κ1) is 16.8. The van der Waals surface area contributed by atoms with Gasteiger partial charge in [-0.05, 0) is 50.5 Å². The highest BCUT2D eigenvalue weighted by Gasteiger charge is 2.33. The largest absolute Gasteiger partial charge is 0.465 e. The third-order valence-electron chi connectivity index (χ3n) is 4.82. The lowest BCUT2D eigenvalue weighted by molar-refractivity contribution is -0.146. The second-order valence-corrected chi connectivity index (χ2v) is 7.69. The van der Waals surface area contributed by atoms with Gasteiger partial charge in [0.15, 0.2) is 0 Å². The van der Waals surface area contributed by atoms with Crippen LogP contribution in [0.5, 0.6) is 0 Å². The molecule has 2 fully saturated rings. The smallest absolute Gasteiger partial charge is 0.323 e. The minimum absolute atomic E-state index is 0.0732. The summed E-state index contributed by atoms with van der Waals surface area (Å²) in [6.45, 7) is 12.7. The molecule has 0 amide bonds. The number of carbonyl (C=O) groups excluding carboxylic acids is 1. The van der Waals surface area contributed by atoms with Crippen LogP contribution in [0.1, 0.15) is 53.4 Å². The van der Waals surface area contributed by atoms with Crippen LogP contribution in [0.4, 0.5) is 0 Å². The number of hydrogen-bond donors (Lipinski definition) is 1. The van der Waals surface area contributed by atoms with E-state index >= 15 is 0 Å². The Morgan fingerprint density at radius 3 is 2.57 bits per heavy atom. The highest BCUT2D eigenvalue weighted by atomic mass is 16.5. The molecule has 1 saturated heterocycles. The van der Waals surface area contributed by atoms with Gasteiger partial charge in [-0.25, -0.2) is 0 Å². The minimum atomic E-state index is -0.119. The van der Waals surface area contributed by atoms with Gasteiger partial charge in [-0.2, -0.15) is 0 Å². The van der Waals surface area contributed by atoms with E-state index in [9.17, 15) is 4.79 Å². The van der Waals surface area contributed by atoms with E-state index in [2.05, 4.69) is 31.0 Å². The SMILES string of the molecule is CCOC(=O)C(CCN1CCC(C(C)(C)C)C1)NC1CC1. The summed E-state index contributed by atoms with van der Waals surface area (Å²) >= 11 is 0. The lowest BCUT2D eigenvalue weighted by Gasteiger charge is -2.27. The molecule has 21 heavy (non-hydrogen) atoms. The first-order chi connectivity index (χ1) is 9.90. The molecule has 2 atom stereocenters. The van der Waals surface area contributed by atoms with Crippen LogP contribution in [0, 0.1) is 11.3 Å². The molecular formula is C17H32N2O2. The second kappa shape index (κ2) is 7.10. The van der Waals surface area contributed by atoms with E-state index in [1.807, 2.05) is 6.92 Å². The number of ether oxygens (including phenoxy) is 1. The maximum atomic E-state index is 12.0. The number of nitrogens with one attached hydrogen (secondary N) is 1. The average Bonchev–Trinajstić information content (AvgIpc) is 3.08. The molecule has 0 aromatic carbocycles. The van der Waals surface area contributed by atoms with E-state index in [1.165, 1.54) is 32.4 Å². The Balaban J connectivity index is 1.77. The first-order valence-electron chi connectivity index (χ1n) is 8.55. The third-order valence-corrected chi connectivity index (χ3v) is 4.82. The molecule has 0 aromatic rings. The maximum Gasteiger partial charge on any atom is 0.323 e. The van der Waals surface area contributed by atoms with Gasteiger partial charge < -0.3 is 15.0 Å². The number of likely N-dealkylation sites (tertiary alicyclic amines) is 1. The van der Waals surface area contributed by atoms with Gasteiger partial charge >= 0.3 is 5.97 Å². The van der Waals surface area contributed by atoms with Crippen molar-refractivity contribution in [1.82, 2.24) is 10.2 Å². The van der Waals surface area contributed by atoms with Gasteiger partial charge in [0, 0.05) is 19.1 Å². The summed E-state index contributed by atoms with van der Waals surface area (Å²) in [6.07, 6.45) is 4.55. The van der Waals surface area contributed by atoms with Gasteiger partial charge in [0.05, 0.1) is 6.61 Å². The number of nitrogens with zero attached hydrogens (tertiary/aromatic N) is 1. The van der Waals surface area contributed by atoms with Crippen LogP contribution in [0.25, 0.3) is 0 Å². The summed E-state index contributed by atoms with van der Waals surface area (Å²) in [6, 6.07) is 0.423. The Labute approximate surface area is 129 Å². The summed E-state index contributed by atoms with van der Waals surface area (Å²) < 4.78 is 5.20. The summed E-state index contributed by atoms with van der Waals surface area (Å²) in [5.74, 6) is 0.700. The zero-order chi connectivity index (χ0) is 15.5. The molecule has 2 rings (SSSR count). The van der Waals surface area contributed by atoms with E-state index in [1.54, 1.807) is 0 Å². The fourth-order valence-electron chi connectivity index (χ4n) is 3.10. The van der Waals surface area contributed by atoms with Gasteiger partial charge in [-0.1, -0.05) is 20.8 Å². The molecule has 0 radical (unpaired) electrons. The van der Waals surface area contributed by atoms with Crippen molar-refractivity contribution in [3.8, 4) is 0 Å². The van der Waals surface area contributed by atoms with Crippen molar-refractivity contribution in [2.75, 3.05) is 26.2 Å². The highest BCUT2D eigenvalue weighted by molar-refractivity contribution is 5.75. The van der Waals surface area contributed by atoms with E-state index < -0.39 is 0 Å². The fourth-order valence-corrected chi connectivity index (χ4v) is 3.10. The summed E-state index contributed by atoms with van der Waals surface area (Å²) in [5, 5.41) is 3.44. The van der Waals surface area contributed by atoms with Crippen LogP contribution in [0.2, 0.25) is 0 Å². The van der Waals surface area contributed by atoms with Crippen molar-refractivity contribution in [1.29, 1.82) is 0 Å². The Hall–Kier alpha value is -0.610. The zero-order valence-electron chi connectivity index (χ0n) is 14.2. The van der Waals surface area contributed by atoms with Crippen molar-refractivity contribution in [3.05, 3.63) is 0 Å². The standard InChI is InChI=1S/C17H32N2O2/c1-5-21-16(20)15(18-14-6-7-14)9-11-19-10-8-13(12-19)17(2,3)4/h13-15,18H,5-12H2,1-4H3. The van der Waals surface area contributed by atoms with Gasteiger partial charge in [0.1, 0.15) is 6.04 Å². The van der Waals surface area contributed by atoms with Crippen molar-refractivity contribution in [2.45, 2.75) is 65.5 Å². The topological polar surface area (TPSA) is 41.6 Å². The van der Waals surface area contributed by atoms with Crippen LogP contribution in [-0.2, 0) is 9.53 Å². The summed E-state index contributed by atoms with van der Waals surface area (Å²) in [4.78, 5) is 14.5. The monoisotopic (exact) mass is 296 g/mol. The predicted molar refractivity (Wildman–Crippen MR) is 85.2 cm³/mol. The Kier molecular flexibility index (Phi) is 5.67. The molecule has 1 aliphatic carbocycles. The normalized spacial score (nSPS) is 25.0. The van der Waals surface area contributed by atoms with E-state index in [4.69, 9.17) is 4.74 Å². The zero-order valence-corrected chi connectivity index (χ0v) is 14.2. The number of hydrogen-bond acceptors (Lipinski definition) is 4. The fraction of sp³-hybridized carbons (Fsp3) is 0.941. The number of carbonyl (C=O) groups is 1. The lowest BCUT2D eigenvalue weighted by Crippen LogP contribution is -2.42. The van der Waals surface area contributed by atoms with E-state index in [0.717, 1.165) is 18.9 Å². The van der Waals surface area contributed by atoms with Gasteiger partial charge in [-0.3, -0.25) is 4.79 Å². The Morgan fingerprint density at radius 1 is 1.33 bits per heavy atom. The molecule has 1 aliphatic heterocycles. The predicted octanol–water partition coefficient (Wildman–Crippen LogP) is 2.43. The molecule has 0 bridgehead atoms. The van der Waals surface area contributed by atoms with Crippen LogP contribution in [0.3, 0.4) is 0 Å². The molecule has 122 valence electrons. The molecule has 0 aromatic heterocycles. The van der Waals surface area contributed by atoms with Gasteiger partial charge in [-0.15, -0.1) is 0 Å². The van der Waals surface area contributed by atoms with Gasteiger partial charge in [0.2, 0.25) is 0 Å². The molecule has 4 heteroatoms. The third kappa shape index (κ3) is 5.26. The number of rotatable bonds is 7. The van der Waals surface area contributed by atoms with E-state index in [0.29, 0.717) is 18.1 Å². The minimum Gasteiger partial charge on any atom is -0.465 e. The van der Waals surface area contributed by atoms with Crippen molar-refractivity contribution < 1.29 is 9.53 Å². The molecular weight excluding hydrogens is 264 g/mol. The molecule has 1 saturated carbocycles. The highest BCUT2D eigenvalue weighted by Crippen LogP contribution is 2.33. The summed E-state index contributed by atoms with van der Waals surface area (Å²) in [5.41, 5.74) is 0.390. The summed E-state index contributed by atoms with van der Waals surface area (Å²) in [7, 11) is 0. The van der Waals surface area contributed by atoms with Gasteiger partial charge in [0.25, 0.3) is 0 Å². The van der Waals surface area contributed by atoms with Crippen molar-refractivity contribution in [3.63, 3.8) is 0 Å². The lowest BCUT2D eigenvalue weighted by atomic mass is 9.80. The van der Waals surface area contributed by atoms with Crippen LogP contribution < -0.4 is 5.32 Å². The maximum absolute atomic E-state index is 12.0. The van der Waals surface area contributed by atoms with Crippen LogP contribution in [-0.4, -0.2) is 49.2 Å². The van der Waals surface area contributed by atoms with E-state index in [-0.39, 0.29) is 12.0 Å². The number of esters is 1. The molecule has 4 nitrogen and oxygen atoms in total. The molecule has 2 unspecified atom stereocenters. The average molecular weight is 296 g/mol. The molecule has 1 heterocycles. The van der Waals surface area contributed by atoms with Crippen LogP contribution >= 0.6 is 0 Å². The second-order valence-electron chi connectivity index (χ2n) is 7.69.